The summed E-state index contributed by atoms with van der Waals surface area (Å²) in [6.07, 6.45) is 5.09. The average Bonchev–Trinajstić information content (AvgIpc) is 2.42. The van der Waals surface area contributed by atoms with Crippen LogP contribution in [0.15, 0.2) is 0 Å². The van der Waals surface area contributed by atoms with Gasteiger partial charge in [0.2, 0.25) is 0 Å². The maximum Gasteiger partial charge on any atom is 0.0700 e. The average molecular weight is 259 g/mol. The summed E-state index contributed by atoms with van der Waals surface area (Å²) in [5, 5.41) is 0. The van der Waals surface area contributed by atoms with Crippen LogP contribution in [0.4, 0.5) is 0 Å². The van der Waals surface area contributed by atoms with Crippen molar-refractivity contribution in [3.63, 3.8) is 0 Å². The predicted molar refractivity (Wildman–Crippen MR) is 73.0 cm³/mol. The fourth-order valence-electron chi connectivity index (χ4n) is 2.11. The number of ether oxygens (including phenoxy) is 3. The zero-order chi connectivity index (χ0) is 12.9. The third kappa shape index (κ3) is 8.86. The highest BCUT2D eigenvalue weighted by Gasteiger charge is 2.08. The Kier molecular flexibility index (Phi) is 10.5. The van der Waals surface area contributed by atoms with E-state index < -0.39 is 0 Å². The van der Waals surface area contributed by atoms with Crippen LogP contribution >= 0.6 is 0 Å². The number of likely N-dealkylation sites (tertiary alicyclic amines) is 1. The van der Waals surface area contributed by atoms with Gasteiger partial charge in [0.25, 0.3) is 0 Å². The summed E-state index contributed by atoms with van der Waals surface area (Å²) < 4.78 is 16.2. The molecule has 108 valence electrons. The van der Waals surface area contributed by atoms with Crippen LogP contribution in [0.3, 0.4) is 0 Å². The third-order valence-corrected chi connectivity index (χ3v) is 3.15. The monoisotopic (exact) mass is 259 g/mol. The molecule has 1 fully saturated rings. The van der Waals surface area contributed by atoms with Gasteiger partial charge in [-0.1, -0.05) is 6.42 Å². The lowest BCUT2D eigenvalue weighted by atomic mass is 10.1. The summed E-state index contributed by atoms with van der Waals surface area (Å²) in [5.74, 6) is 0. The van der Waals surface area contributed by atoms with Gasteiger partial charge in [-0.25, -0.2) is 0 Å². The van der Waals surface area contributed by atoms with Crippen LogP contribution in [0.1, 0.15) is 32.6 Å². The second kappa shape index (κ2) is 11.9. The second-order valence-corrected chi connectivity index (χ2v) is 4.68. The Morgan fingerprint density at radius 1 is 0.778 bits per heavy atom. The summed E-state index contributed by atoms with van der Waals surface area (Å²) in [7, 11) is 0. The standard InChI is InChI=1S/C14H29NO3/c1-2-16-13-14-18-11-6-10-17-12-9-15-7-4-3-5-8-15/h2-14H2,1H3. The fraction of sp³-hybridized carbons (Fsp3) is 1.00. The molecule has 1 rings (SSSR count). The maximum atomic E-state index is 5.61. The summed E-state index contributed by atoms with van der Waals surface area (Å²) in [6.45, 7) is 10.2. The number of nitrogens with zero attached hydrogens (tertiary/aromatic N) is 1. The van der Waals surface area contributed by atoms with Gasteiger partial charge in [-0.3, -0.25) is 0 Å². The van der Waals surface area contributed by atoms with E-state index in [1.807, 2.05) is 6.92 Å². The highest BCUT2D eigenvalue weighted by atomic mass is 16.5. The maximum absolute atomic E-state index is 5.61. The molecular formula is C14H29NO3. The van der Waals surface area contributed by atoms with Gasteiger partial charge >= 0.3 is 0 Å². The fourth-order valence-corrected chi connectivity index (χ4v) is 2.11. The molecular weight excluding hydrogens is 230 g/mol. The smallest absolute Gasteiger partial charge is 0.0700 e. The van der Waals surface area contributed by atoms with Gasteiger partial charge in [0.15, 0.2) is 0 Å². The van der Waals surface area contributed by atoms with Crippen molar-refractivity contribution >= 4 is 0 Å². The van der Waals surface area contributed by atoms with Crippen LogP contribution in [0.5, 0.6) is 0 Å². The van der Waals surface area contributed by atoms with E-state index in [9.17, 15) is 0 Å². The molecule has 0 aromatic heterocycles. The lowest BCUT2D eigenvalue weighted by molar-refractivity contribution is 0.0359. The van der Waals surface area contributed by atoms with Gasteiger partial charge in [0.05, 0.1) is 19.8 Å². The van der Waals surface area contributed by atoms with E-state index in [0.29, 0.717) is 13.2 Å². The minimum atomic E-state index is 0.696. The van der Waals surface area contributed by atoms with Crippen molar-refractivity contribution in [2.75, 3.05) is 59.3 Å². The van der Waals surface area contributed by atoms with Gasteiger partial charge in [0.1, 0.15) is 0 Å². The van der Waals surface area contributed by atoms with Crippen molar-refractivity contribution in [1.29, 1.82) is 0 Å². The molecule has 0 spiro atoms. The van der Waals surface area contributed by atoms with Gasteiger partial charge in [0, 0.05) is 26.4 Å². The zero-order valence-electron chi connectivity index (χ0n) is 11.9. The summed E-state index contributed by atoms with van der Waals surface area (Å²) in [4.78, 5) is 2.50. The van der Waals surface area contributed by atoms with E-state index in [1.54, 1.807) is 0 Å². The van der Waals surface area contributed by atoms with Crippen LogP contribution in [0.25, 0.3) is 0 Å². The van der Waals surface area contributed by atoms with Crippen LogP contribution in [-0.2, 0) is 14.2 Å². The van der Waals surface area contributed by atoms with Crippen LogP contribution < -0.4 is 0 Å². The molecule has 0 aromatic rings. The molecule has 0 amide bonds. The van der Waals surface area contributed by atoms with Crippen LogP contribution in [0.2, 0.25) is 0 Å². The van der Waals surface area contributed by atoms with E-state index in [4.69, 9.17) is 14.2 Å². The number of hydrogen-bond donors (Lipinski definition) is 0. The highest BCUT2D eigenvalue weighted by molar-refractivity contribution is 4.63. The molecule has 4 heteroatoms. The first-order valence-corrected chi connectivity index (χ1v) is 7.39. The van der Waals surface area contributed by atoms with Crippen molar-refractivity contribution in [3.8, 4) is 0 Å². The molecule has 0 atom stereocenters. The molecule has 0 aliphatic carbocycles. The Balaban J connectivity index is 1.73. The predicted octanol–water partition coefficient (Wildman–Crippen LogP) is 1.93. The normalized spacial score (nSPS) is 17.2. The molecule has 1 aliphatic heterocycles. The minimum absolute atomic E-state index is 0.696. The topological polar surface area (TPSA) is 30.9 Å². The first kappa shape index (κ1) is 15.9. The first-order valence-electron chi connectivity index (χ1n) is 7.39. The number of hydrogen-bond acceptors (Lipinski definition) is 4. The molecule has 0 aromatic carbocycles. The number of piperidine rings is 1. The lowest BCUT2D eigenvalue weighted by Crippen LogP contribution is -2.32. The molecule has 1 heterocycles. The Morgan fingerprint density at radius 2 is 1.44 bits per heavy atom. The quantitative estimate of drug-likeness (QED) is 0.531. The molecule has 0 N–H and O–H groups in total. The van der Waals surface area contributed by atoms with E-state index in [2.05, 4.69) is 4.90 Å². The van der Waals surface area contributed by atoms with E-state index in [0.717, 1.165) is 39.4 Å². The summed E-state index contributed by atoms with van der Waals surface area (Å²) in [5.41, 5.74) is 0. The Labute approximate surface area is 112 Å². The van der Waals surface area contributed by atoms with Gasteiger partial charge in [-0.2, -0.15) is 0 Å². The Hall–Kier alpha value is -0.160. The van der Waals surface area contributed by atoms with Crippen molar-refractivity contribution in [2.24, 2.45) is 0 Å². The van der Waals surface area contributed by atoms with Crippen molar-refractivity contribution < 1.29 is 14.2 Å². The zero-order valence-corrected chi connectivity index (χ0v) is 11.9. The Bertz CT molecular complexity index is 172. The molecule has 18 heavy (non-hydrogen) atoms. The molecule has 1 saturated heterocycles. The van der Waals surface area contributed by atoms with Crippen molar-refractivity contribution in [1.82, 2.24) is 4.90 Å². The molecule has 0 unspecified atom stereocenters. The third-order valence-electron chi connectivity index (χ3n) is 3.15. The highest BCUT2D eigenvalue weighted by Crippen LogP contribution is 2.07. The SMILES string of the molecule is CCOCCOCCCOCCN1CCCCC1. The van der Waals surface area contributed by atoms with E-state index >= 15 is 0 Å². The summed E-state index contributed by atoms with van der Waals surface area (Å²) in [6, 6.07) is 0. The Morgan fingerprint density at radius 3 is 2.17 bits per heavy atom. The summed E-state index contributed by atoms with van der Waals surface area (Å²) >= 11 is 0. The van der Waals surface area contributed by atoms with Gasteiger partial charge in [-0.15, -0.1) is 0 Å². The van der Waals surface area contributed by atoms with Gasteiger partial charge in [-0.05, 0) is 39.3 Å². The minimum Gasteiger partial charge on any atom is -0.380 e. The first-order chi connectivity index (χ1) is 8.93. The van der Waals surface area contributed by atoms with E-state index in [1.165, 1.54) is 32.4 Å². The molecule has 1 aliphatic rings. The van der Waals surface area contributed by atoms with Crippen molar-refractivity contribution in [2.45, 2.75) is 32.6 Å². The van der Waals surface area contributed by atoms with Gasteiger partial charge < -0.3 is 19.1 Å². The molecule has 0 saturated carbocycles. The molecule has 0 radical (unpaired) electrons. The number of rotatable bonds is 11. The van der Waals surface area contributed by atoms with E-state index in [-0.39, 0.29) is 0 Å². The molecule has 4 nitrogen and oxygen atoms in total. The lowest BCUT2D eigenvalue weighted by Gasteiger charge is -2.26. The second-order valence-electron chi connectivity index (χ2n) is 4.68. The molecule has 0 bridgehead atoms. The van der Waals surface area contributed by atoms with Crippen LogP contribution in [-0.4, -0.2) is 64.2 Å². The van der Waals surface area contributed by atoms with Crippen molar-refractivity contribution in [3.05, 3.63) is 0 Å². The van der Waals surface area contributed by atoms with Crippen LogP contribution in [0, 0.1) is 0 Å². The largest absolute Gasteiger partial charge is 0.380 e.